The monoisotopic (exact) mass is 335 g/mol. The third kappa shape index (κ3) is 3.73. The van der Waals surface area contributed by atoms with Crippen LogP contribution in [-0.4, -0.2) is 49.6 Å². The Balaban J connectivity index is 1.78. The minimum atomic E-state index is -3.26. The third-order valence-electron chi connectivity index (χ3n) is 4.10. The number of benzene rings is 1. The van der Waals surface area contributed by atoms with Crippen molar-refractivity contribution in [2.75, 3.05) is 19.3 Å². The fraction of sp³-hybridized carbons (Fsp3) is 0.438. The molecule has 2 heterocycles. The molecule has 0 spiro atoms. The molecule has 0 saturated carbocycles. The maximum atomic E-state index is 12.7. The largest absolute Gasteiger partial charge is 0.351 e. The molecule has 1 aliphatic heterocycles. The first-order valence-corrected chi connectivity index (χ1v) is 9.57. The number of nitrogens with zero attached hydrogens (tertiary/aromatic N) is 1. The van der Waals surface area contributed by atoms with Gasteiger partial charge in [0.15, 0.2) is 0 Å². The molecular weight excluding hydrogens is 314 g/mol. The first-order chi connectivity index (χ1) is 10.8. The van der Waals surface area contributed by atoms with Crippen LogP contribution in [0.3, 0.4) is 0 Å². The summed E-state index contributed by atoms with van der Waals surface area (Å²) in [6.45, 7) is 3.06. The minimum Gasteiger partial charge on any atom is -0.351 e. The number of nitrogens with one attached hydrogen (secondary N) is 2. The third-order valence-corrected chi connectivity index (χ3v) is 4.86. The number of piperidine rings is 1. The van der Waals surface area contributed by atoms with Gasteiger partial charge in [-0.3, -0.25) is 4.79 Å². The Morgan fingerprint density at radius 3 is 2.87 bits per heavy atom. The highest BCUT2D eigenvalue weighted by molar-refractivity contribution is 7.88. The number of aromatic nitrogens is 1. The van der Waals surface area contributed by atoms with Crippen molar-refractivity contribution in [2.45, 2.75) is 25.8 Å². The van der Waals surface area contributed by atoms with E-state index in [9.17, 15) is 13.2 Å². The molecule has 1 atom stereocenters. The van der Waals surface area contributed by atoms with Crippen LogP contribution in [0.2, 0.25) is 0 Å². The van der Waals surface area contributed by atoms with E-state index in [-0.39, 0.29) is 11.9 Å². The topological polar surface area (TPSA) is 82.3 Å². The van der Waals surface area contributed by atoms with Gasteiger partial charge in [-0.05, 0) is 37.5 Å². The smallest absolute Gasteiger partial charge is 0.270 e. The number of H-pyrrole nitrogens is 1. The van der Waals surface area contributed by atoms with E-state index >= 15 is 0 Å². The molecule has 1 fully saturated rings. The van der Waals surface area contributed by atoms with Crippen molar-refractivity contribution >= 4 is 26.8 Å². The van der Waals surface area contributed by atoms with E-state index in [2.05, 4.69) is 9.71 Å². The van der Waals surface area contributed by atoms with Crippen molar-refractivity contribution in [3.8, 4) is 0 Å². The highest BCUT2D eigenvalue weighted by Gasteiger charge is 2.26. The second-order valence-corrected chi connectivity index (χ2v) is 8.03. The summed E-state index contributed by atoms with van der Waals surface area (Å²) in [5.74, 6) is -0.0844. The molecule has 1 aromatic carbocycles. The number of carbonyl (C=O) groups is 1. The molecule has 1 amide bonds. The van der Waals surface area contributed by atoms with Gasteiger partial charge in [-0.25, -0.2) is 13.1 Å². The van der Waals surface area contributed by atoms with E-state index < -0.39 is 10.0 Å². The summed E-state index contributed by atoms with van der Waals surface area (Å²) >= 11 is 0. The number of hydrogen-bond acceptors (Lipinski definition) is 3. The summed E-state index contributed by atoms with van der Waals surface area (Å²) in [5.41, 5.74) is 2.62. The van der Waals surface area contributed by atoms with Crippen LogP contribution in [0.4, 0.5) is 0 Å². The van der Waals surface area contributed by atoms with Crippen molar-refractivity contribution in [2.24, 2.45) is 0 Å². The summed E-state index contributed by atoms with van der Waals surface area (Å²) in [5, 5.41) is 1.00. The highest BCUT2D eigenvalue weighted by atomic mass is 32.2. The molecule has 7 heteroatoms. The van der Waals surface area contributed by atoms with Crippen molar-refractivity contribution in [3.63, 3.8) is 0 Å². The number of likely N-dealkylation sites (tertiary alicyclic amines) is 1. The summed E-state index contributed by atoms with van der Waals surface area (Å²) in [4.78, 5) is 17.6. The Bertz CT molecular complexity index is 841. The van der Waals surface area contributed by atoms with Gasteiger partial charge in [0, 0.05) is 30.0 Å². The summed E-state index contributed by atoms with van der Waals surface area (Å²) in [7, 11) is -3.26. The van der Waals surface area contributed by atoms with Gasteiger partial charge in [0.1, 0.15) is 5.69 Å². The zero-order valence-electron chi connectivity index (χ0n) is 13.3. The second-order valence-electron chi connectivity index (χ2n) is 6.25. The number of sulfonamides is 1. The van der Waals surface area contributed by atoms with Crippen LogP contribution < -0.4 is 4.72 Å². The molecule has 1 saturated heterocycles. The number of aryl methyl sites for hydroxylation is 1. The number of amides is 1. The molecule has 3 rings (SSSR count). The van der Waals surface area contributed by atoms with E-state index in [1.165, 1.54) is 0 Å². The van der Waals surface area contributed by atoms with Gasteiger partial charge in [0.2, 0.25) is 10.0 Å². The van der Waals surface area contributed by atoms with Crippen LogP contribution in [0.5, 0.6) is 0 Å². The van der Waals surface area contributed by atoms with E-state index in [0.717, 1.165) is 35.6 Å². The lowest BCUT2D eigenvalue weighted by molar-refractivity contribution is 0.0698. The van der Waals surface area contributed by atoms with Gasteiger partial charge in [-0.15, -0.1) is 0 Å². The molecule has 0 unspecified atom stereocenters. The summed E-state index contributed by atoms with van der Waals surface area (Å²) < 4.78 is 25.3. The van der Waals surface area contributed by atoms with Gasteiger partial charge in [-0.1, -0.05) is 12.1 Å². The lowest BCUT2D eigenvalue weighted by atomic mass is 10.1. The van der Waals surface area contributed by atoms with E-state index in [0.29, 0.717) is 18.8 Å². The van der Waals surface area contributed by atoms with Crippen molar-refractivity contribution in [1.82, 2.24) is 14.6 Å². The van der Waals surface area contributed by atoms with Crippen LogP contribution in [0.15, 0.2) is 24.3 Å². The Labute approximate surface area is 135 Å². The maximum Gasteiger partial charge on any atom is 0.270 e. The van der Waals surface area contributed by atoms with Crippen molar-refractivity contribution in [1.29, 1.82) is 0 Å². The highest BCUT2D eigenvalue weighted by Crippen LogP contribution is 2.20. The van der Waals surface area contributed by atoms with Gasteiger partial charge < -0.3 is 9.88 Å². The molecule has 124 valence electrons. The fourth-order valence-electron chi connectivity index (χ4n) is 3.09. The Hall–Kier alpha value is -1.86. The average molecular weight is 335 g/mol. The van der Waals surface area contributed by atoms with Crippen LogP contribution in [-0.2, 0) is 10.0 Å². The minimum absolute atomic E-state index is 0.0844. The molecule has 0 bridgehead atoms. The predicted molar refractivity (Wildman–Crippen MR) is 89.9 cm³/mol. The fourth-order valence-corrected chi connectivity index (χ4v) is 3.88. The molecular formula is C16H21N3O3S. The molecule has 2 N–H and O–H groups in total. The maximum absolute atomic E-state index is 12.7. The number of fused-ring (bicyclic) bond motifs is 1. The van der Waals surface area contributed by atoms with Crippen molar-refractivity contribution < 1.29 is 13.2 Å². The van der Waals surface area contributed by atoms with Crippen LogP contribution in [0.25, 0.3) is 10.9 Å². The van der Waals surface area contributed by atoms with Gasteiger partial charge in [0.25, 0.3) is 5.91 Å². The van der Waals surface area contributed by atoms with Crippen LogP contribution in [0, 0.1) is 6.92 Å². The Morgan fingerprint density at radius 2 is 2.13 bits per heavy atom. The zero-order valence-corrected chi connectivity index (χ0v) is 14.1. The number of rotatable bonds is 3. The quantitative estimate of drug-likeness (QED) is 0.894. The van der Waals surface area contributed by atoms with E-state index in [4.69, 9.17) is 0 Å². The Morgan fingerprint density at radius 1 is 1.35 bits per heavy atom. The lowest BCUT2D eigenvalue weighted by Crippen LogP contribution is -2.49. The van der Waals surface area contributed by atoms with Crippen molar-refractivity contribution in [3.05, 3.63) is 35.5 Å². The van der Waals surface area contributed by atoms with E-state index in [1.807, 2.05) is 31.2 Å². The summed E-state index contributed by atoms with van der Waals surface area (Å²) in [6.07, 6.45) is 2.69. The zero-order chi connectivity index (χ0) is 16.6. The van der Waals surface area contributed by atoms with Crippen LogP contribution >= 0.6 is 0 Å². The lowest BCUT2D eigenvalue weighted by Gasteiger charge is -2.32. The number of aromatic amines is 1. The predicted octanol–water partition coefficient (Wildman–Crippen LogP) is 1.63. The molecule has 0 aliphatic carbocycles. The Kier molecular flexibility index (Phi) is 4.16. The van der Waals surface area contributed by atoms with Gasteiger partial charge >= 0.3 is 0 Å². The standard InChI is InChI=1S/C16H21N3O3S/c1-11-5-6-12-9-15(17-14(12)8-11)16(20)19-7-3-4-13(10-19)18-23(2,21)22/h5-6,8-9,13,17-18H,3-4,7,10H2,1-2H3/t13-/m0/s1. The molecule has 2 aromatic rings. The van der Waals surface area contributed by atoms with Crippen LogP contribution in [0.1, 0.15) is 28.9 Å². The SMILES string of the molecule is Cc1ccc2cc(C(=O)N3CCC[C@H](NS(C)(=O)=O)C3)[nH]c2c1. The van der Waals surface area contributed by atoms with Gasteiger partial charge in [0.05, 0.1) is 6.26 Å². The molecule has 6 nitrogen and oxygen atoms in total. The average Bonchev–Trinajstić information content (AvgIpc) is 2.88. The van der Waals surface area contributed by atoms with E-state index in [1.54, 1.807) is 4.90 Å². The second kappa shape index (κ2) is 5.98. The molecule has 1 aliphatic rings. The number of carbonyl (C=O) groups excluding carboxylic acids is 1. The number of hydrogen-bond donors (Lipinski definition) is 2. The summed E-state index contributed by atoms with van der Waals surface area (Å²) in [6, 6.07) is 7.65. The molecule has 1 aromatic heterocycles. The first kappa shape index (κ1) is 16.0. The first-order valence-electron chi connectivity index (χ1n) is 7.68. The van der Waals surface area contributed by atoms with Gasteiger partial charge in [-0.2, -0.15) is 0 Å². The molecule has 23 heavy (non-hydrogen) atoms. The molecule has 0 radical (unpaired) electrons. The normalized spacial score (nSPS) is 19.2.